The van der Waals surface area contributed by atoms with Crippen molar-refractivity contribution in [3.05, 3.63) is 12.2 Å². The van der Waals surface area contributed by atoms with Gasteiger partial charge in [0.1, 0.15) is 92.0 Å². The van der Waals surface area contributed by atoms with Crippen LogP contribution < -0.4 is 32.7 Å². The number of rotatable bonds is 35. The lowest BCUT2D eigenvalue weighted by molar-refractivity contribution is -0.328. The van der Waals surface area contributed by atoms with Crippen molar-refractivity contribution in [2.75, 3.05) is 106 Å². The quantitative estimate of drug-likeness (QED) is 0.0159. The summed E-state index contributed by atoms with van der Waals surface area (Å²) in [4.78, 5) is 56.6. The van der Waals surface area contributed by atoms with E-state index in [2.05, 4.69) is 27.8 Å². The van der Waals surface area contributed by atoms with Gasteiger partial charge in [0.2, 0.25) is 17.7 Å². The van der Waals surface area contributed by atoms with Crippen LogP contribution in [0.1, 0.15) is 73.1 Å². The van der Waals surface area contributed by atoms with Crippen molar-refractivity contribution in [2.24, 2.45) is 11.5 Å². The second-order valence-electron chi connectivity index (χ2n) is 21.0. The van der Waals surface area contributed by atoms with E-state index in [0.717, 1.165) is 13.2 Å². The molecule has 4 rings (SSSR count). The molecule has 0 spiro atoms. The number of carboxylic acid groups (broad SMARTS) is 1. The first kappa shape index (κ1) is 84.1. The van der Waals surface area contributed by atoms with Crippen molar-refractivity contribution in [2.45, 2.75) is 202 Å². The molecule has 35 heteroatoms. The number of hydrogen-bond donors (Lipinski definition) is 19. The molecule has 0 saturated carbocycles. The number of esters is 1. The van der Waals surface area contributed by atoms with Crippen LogP contribution in [0.4, 0.5) is 0 Å². The van der Waals surface area contributed by atoms with Crippen LogP contribution in [0, 0.1) is 0 Å². The molecule has 21 N–H and O–H groups in total. The fraction of sp³-hybridized carbons (Fsp3) is 0.873. The van der Waals surface area contributed by atoms with Gasteiger partial charge in [0.05, 0.1) is 83.7 Å². The van der Waals surface area contributed by atoms with E-state index in [1.165, 1.54) is 14.0 Å². The molecule has 35 nitrogen and oxygen atoms in total. The van der Waals surface area contributed by atoms with Gasteiger partial charge in [-0.25, -0.2) is 4.79 Å². The first-order chi connectivity index (χ1) is 42.8. The molecule has 4 aliphatic rings. The Kier molecular flexibility index (Phi) is 44.0. The molecule has 4 saturated heterocycles. The van der Waals surface area contributed by atoms with Gasteiger partial charge >= 0.3 is 11.9 Å². The number of hydrogen-bond acceptors (Lipinski definition) is 31. The number of aliphatic carboxylic acids is 1. The van der Waals surface area contributed by atoms with Crippen molar-refractivity contribution in [1.82, 2.24) is 21.3 Å². The highest BCUT2D eigenvalue weighted by atomic mass is 16.7. The summed E-state index contributed by atoms with van der Waals surface area (Å²) < 4.78 is 60.1. The zero-order valence-corrected chi connectivity index (χ0v) is 52.2. The average molecular weight is 1310 g/mol. The van der Waals surface area contributed by atoms with Gasteiger partial charge < -0.3 is 151 Å². The topological polar surface area (TPSA) is 550 Å². The van der Waals surface area contributed by atoms with Crippen LogP contribution >= 0.6 is 0 Å². The number of amides is 3. The van der Waals surface area contributed by atoms with E-state index in [1.807, 2.05) is 13.8 Å². The maximum absolute atomic E-state index is 12.7. The summed E-state index contributed by atoms with van der Waals surface area (Å²) in [6.07, 6.45) is -19.5. The Hall–Kier alpha value is -3.91. The molecule has 0 aromatic carbocycles. The third-order valence-corrected chi connectivity index (χ3v) is 13.9. The lowest BCUT2D eigenvalue weighted by Gasteiger charge is -2.47. The molecule has 4 aliphatic heterocycles. The van der Waals surface area contributed by atoms with Crippen LogP contribution in [0.2, 0.25) is 0 Å². The number of methoxy groups -OCH3 is 1. The first-order valence-corrected chi connectivity index (χ1v) is 29.9. The summed E-state index contributed by atoms with van der Waals surface area (Å²) in [6.45, 7) is 12.4. The molecule has 4 fully saturated rings. The van der Waals surface area contributed by atoms with Gasteiger partial charge in [0.15, 0.2) is 18.9 Å². The minimum atomic E-state index is -1.55. The van der Waals surface area contributed by atoms with Gasteiger partial charge in [0, 0.05) is 71.2 Å². The molecule has 4 heterocycles. The summed E-state index contributed by atoms with van der Waals surface area (Å²) >= 11 is 0. The smallest absolute Gasteiger partial charge is 0.333 e. The maximum Gasteiger partial charge on any atom is 0.333 e. The van der Waals surface area contributed by atoms with Gasteiger partial charge in [-0.1, -0.05) is 6.58 Å². The van der Waals surface area contributed by atoms with Crippen LogP contribution in [0.3, 0.4) is 0 Å². The summed E-state index contributed by atoms with van der Waals surface area (Å²) in [7, 11) is 1.34. The van der Waals surface area contributed by atoms with Gasteiger partial charge in [-0.05, 0) is 47.5 Å². The van der Waals surface area contributed by atoms with Gasteiger partial charge in [0.25, 0.3) is 0 Å². The van der Waals surface area contributed by atoms with Crippen molar-refractivity contribution >= 4 is 29.7 Å². The predicted octanol–water partition coefficient (Wildman–Crippen LogP) is -8.20. The Morgan fingerprint density at radius 1 is 0.611 bits per heavy atom. The van der Waals surface area contributed by atoms with E-state index in [-0.39, 0.29) is 115 Å². The van der Waals surface area contributed by atoms with Gasteiger partial charge in [-0.15, -0.1) is 0 Å². The Balaban J connectivity index is 0.000000716. The Morgan fingerprint density at radius 2 is 1.14 bits per heavy atom. The predicted molar refractivity (Wildman–Crippen MR) is 311 cm³/mol. The number of carbonyl (C=O) groups excluding carboxylic acids is 4. The fourth-order valence-corrected chi connectivity index (χ4v) is 9.14. The van der Waals surface area contributed by atoms with E-state index in [0.29, 0.717) is 13.0 Å². The number of ether oxygens (including phenoxy) is 11. The summed E-state index contributed by atoms with van der Waals surface area (Å²) in [5.41, 5.74) is 12.0. The highest BCUT2D eigenvalue weighted by Gasteiger charge is 2.52. The highest BCUT2D eigenvalue weighted by molar-refractivity contribution is 5.87. The Morgan fingerprint density at radius 3 is 1.68 bits per heavy atom. The molecule has 90 heavy (non-hydrogen) atoms. The van der Waals surface area contributed by atoms with Crippen molar-refractivity contribution in [1.29, 1.82) is 0 Å². The third-order valence-electron chi connectivity index (χ3n) is 13.9. The van der Waals surface area contributed by atoms with E-state index in [1.54, 1.807) is 13.8 Å². The number of carboxylic acids is 1. The van der Waals surface area contributed by atoms with Crippen LogP contribution in [0.5, 0.6) is 0 Å². The summed E-state index contributed by atoms with van der Waals surface area (Å²) in [5, 5.41) is 138. The molecule has 3 amide bonds. The molecule has 9 unspecified atom stereocenters. The van der Waals surface area contributed by atoms with Crippen LogP contribution in [-0.4, -0.2) is 331 Å². The molecular formula is C55H104N6O29. The zero-order chi connectivity index (χ0) is 68.0. The Labute approximate surface area is 523 Å². The summed E-state index contributed by atoms with van der Waals surface area (Å²) in [6, 6.07) is -4.44. The molecule has 0 aromatic rings. The van der Waals surface area contributed by atoms with Crippen molar-refractivity contribution in [3.8, 4) is 0 Å². The van der Waals surface area contributed by atoms with E-state index < -0.39 is 160 Å². The van der Waals surface area contributed by atoms with Gasteiger partial charge in [-0.2, -0.15) is 0 Å². The van der Waals surface area contributed by atoms with Crippen LogP contribution in [0.25, 0.3) is 0 Å². The van der Waals surface area contributed by atoms with E-state index in [9.17, 15) is 69.9 Å². The second-order valence-corrected chi connectivity index (χ2v) is 21.0. The summed E-state index contributed by atoms with van der Waals surface area (Å²) in [5.74, 6) is -2.45. The number of aliphatic hydroxyl groups is 12. The monoisotopic (exact) mass is 1310 g/mol. The number of nitrogens with two attached hydrogens (primary N) is 2. The van der Waals surface area contributed by atoms with Crippen LogP contribution in [0.15, 0.2) is 12.2 Å². The maximum atomic E-state index is 12.7. The van der Waals surface area contributed by atoms with E-state index in [4.69, 9.17) is 84.0 Å². The third kappa shape index (κ3) is 30.0. The molecule has 0 radical (unpaired) electrons. The van der Waals surface area contributed by atoms with Crippen LogP contribution in [-0.2, 0) is 76.1 Å². The fourth-order valence-electron chi connectivity index (χ4n) is 9.14. The molecule has 0 aliphatic carbocycles. The number of nitrogens with one attached hydrogen (secondary N) is 4. The lowest BCUT2D eigenvalue weighted by Crippen LogP contribution is -2.68. The molecule has 0 aromatic heterocycles. The molecule has 0 bridgehead atoms. The minimum absolute atomic E-state index is 0.00179. The van der Waals surface area contributed by atoms with Crippen molar-refractivity contribution < 1.29 is 142 Å². The SMILES string of the molecule is C=C(C)C(=O)OCC(O)CNC1[C@H](C)OC(CO)[C@@H](O[C@@H]2OC(COCCO)[C@@H](O)[C@H](O)C2N)[C@@H]1O.CCNC(=O)CCCC(=O)NC1[C@H](O[C@@H]2C(CO)O[C@@H](O)C(N)[C@H]2O)OC(COCCO)[C@@H](OC)[C@@H]1O.CCOCC.O=C(O)CCCC(=O)NCCO. The lowest BCUT2D eigenvalue weighted by atomic mass is 9.92. The Bertz CT molecular complexity index is 1990. The zero-order valence-electron chi connectivity index (χ0n) is 52.2. The van der Waals surface area contributed by atoms with Crippen molar-refractivity contribution in [3.63, 3.8) is 0 Å². The number of aliphatic hydroxyl groups excluding tert-OH is 12. The first-order valence-electron chi connectivity index (χ1n) is 29.9. The second kappa shape index (κ2) is 47.0. The molecule has 21 atom stereocenters. The normalized spacial score (nSPS) is 31.8. The molecular weight excluding hydrogens is 1210 g/mol. The molecule has 528 valence electrons. The minimum Gasteiger partial charge on any atom is -0.481 e. The van der Waals surface area contributed by atoms with E-state index >= 15 is 0 Å². The number of carbonyl (C=O) groups is 5. The van der Waals surface area contributed by atoms with Gasteiger partial charge in [-0.3, -0.25) is 19.2 Å². The average Bonchev–Trinajstić information content (AvgIpc) is 0.826. The standard InChI is InChI=1S/C22H41N3O12.C22H40N2O12.C7H13NO4.C4H10O/c1-3-24-13(28)5-4-6-14(29)25-16-18(31)19(33-2)12(10-34-8-7-26)36-22(16)37-20-11(9-27)35-21(32)15(23)17(20)30;1-10(2)21(31)33-8-12(27)6-24-16-11(3)34-13(7-26)20(19(16)30)36-22-15(23)18(29)17(28)14(35-22)9-32-5-4-25;9-5-4-8-6(10)2-1-3-7(11)12;1-3-5-4-2/h11-12,15-22,26-27,30-32H,3-10,23H2,1-2H3,(H,24,28)(H,25,29);11-20,22,24-30H,1,4-9,23H2,2-3H3;9H,1-5H2,(H,8,10)(H,11,12);3-4H2,1-2H3/t11?,12?,15?,16?,17-,18-,19-,20-,21-,22+;11-,12?,13?,14?,15?,16?,17+,18+,19+,20+,22-;;/m10../s1. The highest BCUT2D eigenvalue weighted by Crippen LogP contribution is 2.31. The largest absolute Gasteiger partial charge is 0.481 e.